The van der Waals surface area contributed by atoms with Crippen molar-refractivity contribution in [3.05, 3.63) is 41.1 Å². The normalized spacial score (nSPS) is 16.8. The molecule has 1 fully saturated rings. The van der Waals surface area contributed by atoms with Crippen molar-refractivity contribution in [3.63, 3.8) is 0 Å². The number of amidine groups is 1. The summed E-state index contributed by atoms with van der Waals surface area (Å²) in [5.74, 6) is -1.38. The Kier molecular flexibility index (Phi) is 3.42. The molecule has 0 unspecified atom stereocenters. The summed E-state index contributed by atoms with van der Waals surface area (Å²) in [6, 6.07) is 5.26. The van der Waals surface area contributed by atoms with Crippen molar-refractivity contribution < 1.29 is 14.0 Å². The summed E-state index contributed by atoms with van der Waals surface area (Å²) < 4.78 is 12.6. The highest BCUT2D eigenvalue weighted by Gasteiger charge is 2.23. The lowest BCUT2D eigenvalue weighted by atomic mass is 10.3. The minimum atomic E-state index is -0.506. The highest BCUT2D eigenvalue weighted by molar-refractivity contribution is 8.18. The zero-order valence-electron chi connectivity index (χ0n) is 8.99. The van der Waals surface area contributed by atoms with E-state index in [4.69, 9.17) is 5.41 Å². The topological polar surface area (TPSA) is 82.1 Å². The fourth-order valence-electron chi connectivity index (χ4n) is 1.27. The van der Waals surface area contributed by atoms with E-state index in [0.29, 0.717) is 5.69 Å². The van der Waals surface area contributed by atoms with E-state index in [9.17, 15) is 14.0 Å². The van der Waals surface area contributed by atoms with Crippen LogP contribution in [0.3, 0.4) is 0 Å². The second-order valence-corrected chi connectivity index (χ2v) is 4.44. The van der Waals surface area contributed by atoms with E-state index in [-0.39, 0.29) is 10.1 Å². The van der Waals surface area contributed by atoms with Gasteiger partial charge in [0.15, 0.2) is 5.17 Å². The number of benzene rings is 1. The fourth-order valence-corrected chi connectivity index (χ4v) is 1.95. The van der Waals surface area contributed by atoms with Crippen molar-refractivity contribution in [3.8, 4) is 0 Å². The molecule has 5 nitrogen and oxygen atoms in total. The van der Waals surface area contributed by atoms with Gasteiger partial charge in [0.2, 0.25) is 5.91 Å². The first-order valence-electron chi connectivity index (χ1n) is 4.90. The number of hydrogen-bond donors (Lipinski definition) is 3. The van der Waals surface area contributed by atoms with Gasteiger partial charge in [0, 0.05) is 11.8 Å². The zero-order valence-corrected chi connectivity index (χ0v) is 9.81. The molecule has 92 valence electrons. The first kappa shape index (κ1) is 12.3. The summed E-state index contributed by atoms with van der Waals surface area (Å²) >= 11 is 0.878. The number of rotatable bonds is 2. The van der Waals surface area contributed by atoms with Crippen LogP contribution in [-0.2, 0) is 9.59 Å². The molecule has 0 bridgehead atoms. The molecule has 18 heavy (non-hydrogen) atoms. The molecule has 0 spiro atoms. The largest absolute Gasteiger partial charge is 0.322 e. The van der Waals surface area contributed by atoms with Crippen molar-refractivity contribution in [2.45, 2.75) is 0 Å². The Labute approximate surface area is 106 Å². The molecule has 3 N–H and O–H groups in total. The Morgan fingerprint density at radius 2 is 2.06 bits per heavy atom. The molecule has 2 rings (SSSR count). The molecule has 0 aliphatic carbocycles. The van der Waals surface area contributed by atoms with Gasteiger partial charge in [0.05, 0.1) is 4.91 Å². The summed E-state index contributed by atoms with van der Waals surface area (Å²) in [6.07, 6.45) is 1.10. The van der Waals surface area contributed by atoms with Crippen LogP contribution < -0.4 is 10.6 Å². The summed E-state index contributed by atoms with van der Waals surface area (Å²) in [7, 11) is 0. The van der Waals surface area contributed by atoms with Crippen molar-refractivity contribution in [1.82, 2.24) is 5.32 Å². The second-order valence-electron chi connectivity index (χ2n) is 3.39. The number of nitrogens with one attached hydrogen (secondary N) is 3. The molecule has 1 aromatic rings. The van der Waals surface area contributed by atoms with Gasteiger partial charge in [-0.25, -0.2) is 4.39 Å². The third kappa shape index (κ3) is 2.95. The van der Waals surface area contributed by atoms with E-state index in [1.165, 1.54) is 24.3 Å². The number of thioether (sulfide) groups is 1. The predicted octanol–water partition coefficient (Wildman–Crippen LogP) is 1.45. The highest BCUT2D eigenvalue weighted by Crippen LogP contribution is 2.22. The standard InChI is InChI=1S/C11H8FN3O2S/c12-6-1-3-7(4-2-6)14-9(16)5-8-10(17)15-11(13)18-8/h1-5H,(H,14,16)(H2,13,15,17). The molecule has 0 aromatic heterocycles. The van der Waals surface area contributed by atoms with Crippen LogP contribution in [-0.4, -0.2) is 17.0 Å². The Bertz CT molecular complexity index is 554. The zero-order chi connectivity index (χ0) is 13.1. The van der Waals surface area contributed by atoms with Crippen molar-refractivity contribution in [2.75, 3.05) is 5.32 Å². The number of carbonyl (C=O) groups is 2. The van der Waals surface area contributed by atoms with Crippen LogP contribution in [0.1, 0.15) is 0 Å². The quantitative estimate of drug-likeness (QED) is 0.708. The molecule has 1 saturated heterocycles. The number of halogens is 1. The second kappa shape index (κ2) is 5.01. The van der Waals surface area contributed by atoms with Gasteiger partial charge in [0.1, 0.15) is 5.82 Å². The van der Waals surface area contributed by atoms with Crippen LogP contribution in [0.5, 0.6) is 0 Å². The molecule has 7 heteroatoms. The monoisotopic (exact) mass is 265 g/mol. The lowest BCUT2D eigenvalue weighted by Gasteiger charge is -2.01. The Balaban J connectivity index is 2.05. The molecule has 0 atom stereocenters. The summed E-state index contributed by atoms with van der Waals surface area (Å²) in [5.41, 5.74) is 0.428. The third-order valence-corrected chi connectivity index (χ3v) is 2.87. The van der Waals surface area contributed by atoms with E-state index in [0.717, 1.165) is 17.8 Å². The van der Waals surface area contributed by atoms with E-state index in [1.807, 2.05) is 0 Å². The van der Waals surface area contributed by atoms with Gasteiger partial charge in [-0.2, -0.15) is 0 Å². The summed E-state index contributed by atoms with van der Waals surface area (Å²) in [5, 5.41) is 11.9. The highest BCUT2D eigenvalue weighted by atomic mass is 32.2. The number of amides is 2. The summed E-state index contributed by atoms with van der Waals surface area (Å²) in [6.45, 7) is 0. The minimum Gasteiger partial charge on any atom is -0.322 e. The van der Waals surface area contributed by atoms with Gasteiger partial charge >= 0.3 is 0 Å². The Morgan fingerprint density at radius 3 is 2.61 bits per heavy atom. The molecular weight excluding hydrogens is 257 g/mol. The molecule has 1 aliphatic heterocycles. The van der Waals surface area contributed by atoms with Crippen LogP contribution in [0.15, 0.2) is 35.2 Å². The van der Waals surface area contributed by atoms with Gasteiger partial charge in [0.25, 0.3) is 5.91 Å². The third-order valence-electron chi connectivity index (χ3n) is 2.04. The first-order valence-corrected chi connectivity index (χ1v) is 5.72. The van der Waals surface area contributed by atoms with Crippen LogP contribution in [0.2, 0.25) is 0 Å². The fraction of sp³-hybridized carbons (Fsp3) is 0. The predicted molar refractivity (Wildman–Crippen MR) is 66.6 cm³/mol. The average molecular weight is 265 g/mol. The lowest BCUT2D eigenvalue weighted by molar-refractivity contribution is -0.116. The molecule has 1 aliphatic rings. The van der Waals surface area contributed by atoms with Gasteiger partial charge in [-0.1, -0.05) is 0 Å². The van der Waals surface area contributed by atoms with Gasteiger partial charge in [-0.05, 0) is 36.0 Å². The number of hydrogen-bond acceptors (Lipinski definition) is 4. The number of carbonyl (C=O) groups excluding carboxylic acids is 2. The molecular formula is C11H8FN3O2S. The van der Waals surface area contributed by atoms with E-state index in [1.54, 1.807) is 0 Å². The van der Waals surface area contributed by atoms with Crippen LogP contribution in [0.4, 0.5) is 10.1 Å². The SMILES string of the molecule is N=C1NC(=O)C(=CC(=O)Nc2ccc(F)cc2)S1. The maximum absolute atomic E-state index is 12.6. The number of anilines is 1. The smallest absolute Gasteiger partial charge is 0.264 e. The van der Waals surface area contributed by atoms with E-state index >= 15 is 0 Å². The van der Waals surface area contributed by atoms with E-state index in [2.05, 4.69) is 10.6 Å². The van der Waals surface area contributed by atoms with Crippen LogP contribution in [0, 0.1) is 11.2 Å². The van der Waals surface area contributed by atoms with Gasteiger partial charge < -0.3 is 10.6 Å². The summed E-state index contributed by atoms with van der Waals surface area (Å²) in [4.78, 5) is 23.0. The molecule has 0 saturated carbocycles. The van der Waals surface area contributed by atoms with Gasteiger partial charge in [-0.15, -0.1) is 0 Å². The van der Waals surface area contributed by atoms with Crippen molar-refractivity contribution in [1.29, 1.82) is 5.41 Å². The molecule has 2 amide bonds. The maximum atomic E-state index is 12.6. The first-order chi connectivity index (χ1) is 8.54. The van der Waals surface area contributed by atoms with Crippen molar-refractivity contribution in [2.24, 2.45) is 0 Å². The van der Waals surface area contributed by atoms with Gasteiger partial charge in [-0.3, -0.25) is 15.0 Å². The lowest BCUT2D eigenvalue weighted by Crippen LogP contribution is -2.19. The maximum Gasteiger partial charge on any atom is 0.264 e. The molecule has 0 radical (unpaired) electrons. The minimum absolute atomic E-state index is 0.0131. The molecule has 1 heterocycles. The van der Waals surface area contributed by atoms with Crippen LogP contribution in [0.25, 0.3) is 0 Å². The van der Waals surface area contributed by atoms with Crippen LogP contribution >= 0.6 is 11.8 Å². The van der Waals surface area contributed by atoms with Crippen molar-refractivity contribution >= 4 is 34.4 Å². The Hall–Kier alpha value is -2.15. The van der Waals surface area contributed by atoms with E-state index < -0.39 is 17.6 Å². The average Bonchev–Trinajstić information content (AvgIpc) is 2.61. The molecule has 1 aromatic carbocycles. The Morgan fingerprint density at radius 1 is 1.39 bits per heavy atom.